The van der Waals surface area contributed by atoms with Crippen LogP contribution in [0, 0.1) is 5.92 Å². The maximum atomic E-state index is 12.9. The van der Waals surface area contributed by atoms with Gasteiger partial charge in [-0.1, -0.05) is 26.0 Å². The number of carbonyl (C=O) groups is 4. The van der Waals surface area contributed by atoms with Crippen LogP contribution in [0.1, 0.15) is 67.4 Å². The normalized spacial score (nSPS) is 14.4. The van der Waals surface area contributed by atoms with Crippen LogP contribution in [0.3, 0.4) is 0 Å². The van der Waals surface area contributed by atoms with E-state index in [1.165, 1.54) is 0 Å². The third-order valence-corrected chi connectivity index (χ3v) is 4.79. The number of rotatable bonds is 11. The number of nitrogens with one attached hydrogen (secondary N) is 2. The van der Waals surface area contributed by atoms with E-state index in [4.69, 9.17) is 15.2 Å². The summed E-state index contributed by atoms with van der Waals surface area (Å²) in [4.78, 5) is 49.3. The molecule has 0 saturated carbocycles. The van der Waals surface area contributed by atoms with E-state index in [-0.39, 0.29) is 24.4 Å². The molecule has 10 heteroatoms. The number of carbonyl (C=O) groups excluding carboxylic acids is 3. The molecule has 0 aliphatic carbocycles. The van der Waals surface area contributed by atoms with Crippen LogP contribution in [-0.2, 0) is 30.3 Å². The van der Waals surface area contributed by atoms with Gasteiger partial charge in [0.05, 0.1) is 12.5 Å². The lowest BCUT2D eigenvalue weighted by Crippen LogP contribution is -2.56. The van der Waals surface area contributed by atoms with Crippen molar-refractivity contribution in [2.24, 2.45) is 11.7 Å². The molecule has 5 N–H and O–H groups in total. The smallest absolute Gasteiger partial charge is 0.326 e. The number of hydrogen-bond acceptors (Lipinski definition) is 7. The van der Waals surface area contributed by atoms with Gasteiger partial charge in [-0.25, -0.2) is 4.79 Å². The van der Waals surface area contributed by atoms with Gasteiger partial charge < -0.3 is 30.9 Å². The summed E-state index contributed by atoms with van der Waals surface area (Å²) in [7, 11) is 0. The first kappa shape index (κ1) is 30.9. The molecule has 1 aromatic carbocycles. The maximum Gasteiger partial charge on any atom is 0.326 e. The molecular weight excluding hydrogens is 466 g/mol. The van der Waals surface area contributed by atoms with Crippen LogP contribution in [-0.4, -0.2) is 58.2 Å². The van der Waals surface area contributed by atoms with Gasteiger partial charge in [-0.05, 0) is 65.2 Å². The van der Waals surface area contributed by atoms with E-state index in [9.17, 15) is 24.3 Å². The van der Waals surface area contributed by atoms with Crippen LogP contribution in [0.4, 0.5) is 0 Å². The van der Waals surface area contributed by atoms with E-state index in [2.05, 4.69) is 10.6 Å². The van der Waals surface area contributed by atoms with Crippen molar-refractivity contribution in [3.05, 3.63) is 29.8 Å². The Balaban J connectivity index is 2.83. The number of ether oxygens (including phenoxy) is 2. The number of nitrogens with two attached hydrogens (primary N) is 1. The number of hydrogen-bond donors (Lipinski definition) is 4. The first-order valence-electron chi connectivity index (χ1n) is 12.0. The van der Waals surface area contributed by atoms with Crippen LogP contribution >= 0.6 is 0 Å². The van der Waals surface area contributed by atoms with Crippen LogP contribution in [0.5, 0.6) is 5.75 Å². The van der Waals surface area contributed by atoms with Crippen molar-refractivity contribution in [2.75, 3.05) is 0 Å². The third kappa shape index (κ3) is 11.5. The second kappa shape index (κ2) is 12.7. The first-order valence-corrected chi connectivity index (χ1v) is 12.0. The Labute approximate surface area is 213 Å². The zero-order chi connectivity index (χ0) is 27.8. The maximum absolute atomic E-state index is 12.9. The van der Waals surface area contributed by atoms with Crippen molar-refractivity contribution in [1.82, 2.24) is 10.6 Å². The Morgan fingerprint density at radius 2 is 1.47 bits per heavy atom. The second-order valence-electron chi connectivity index (χ2n) is 11.1. The van der Waals surface area contributed by atoms with E-state index in [0.717, 1.165) is 0 Å². The summed E-state index contributed by atoms with van der Waals surface area (Å²) in [6.07, 6.45) is -0.323. The molecule has 10 nitrogen and oxygen atoms in total. The van der Waals surface area contributed by atoms with Gasteiger partial charge >= 0.3 is 11.9 Å². The van der Waals surface area contributed by atoms with Crippen molar-refractivity contribution in [2.45, 2.75) is 97.6 Å². The monoisotopic (exact) mass is 507 g/mol. The summed E-state index contributed by atoms with van der Waals surface area (Å²) in [5.41, 5.74) is 5.43. The average Bonchev–Trinajstić information content (AvgIpc) is 2.69. The summed E-state index contributed by atoms with van der Waals surface area (Å²) in [6, 6.07) is 3.46. The second-order valence-corrected chi connectivity index (χ2v) is 11.1. The Bertz CT molecular complexity index is 915. The minimum atomic E-state index is -1.22. The van der Waals surface area contributed by atoms with E-state index in [0.29, 0.717) is 11.3 Å². The van der Waals surface area contributed by atoms with E-state index in [1.54, 1.807) is 58.9 Å². The quantitative estimate of drug-likeness (QED) is 0.332. The molecule has 36 heavy (non-hydrogen) atoms. The molecule has 202 valence electrons. The molecule has 0 aliphatic rings. The van der Waals surface area contributed by atoms with Crippen molar-refractivity contribution < 1.29 is 33.8 Å². The summed E-state index contributed by atoms with van der Waals surface area (Å²) < 4.78 is 10.9. The summed E-state index contributed by atoms with van der Waals surface area (Å²) in [5.74, 6) is -2.95. The highest BCUT2D eigenvalue weighted by Crippen LogP contribution is 2.19. The van der Waals surface area contributed by atoms with E-state index < -0.39 is 47.5 Å². The summed E-state index contributed by atoms with van der Waals surface area (Å²) in [6.45, 7) is 14.3. The first-order chi connectivity index (χ1) is 16.4. The number of aliphatic carboxylic acids is 1. The van der Waals surface area contributed by atoms with Gasteiger partial charge in [-0.2, -0.15) is 0 Å². The van der Waals surface area contributed by atoms with Gasteiger partial charge in [0.1, 0.15) is 29.0 Å². The predicted molar refractivity (Wildman–Crippen MR) is 135 cm³/mol. The molecule has 2 amide bonds. The van der Waals surface area contributed by atoms with Crippen molar-refractivity contribution >= 4 is 23.8 Å². The number of benzene rings is 1. The fourth-order valence-electron chi connectivity index (χ4n) is 3.20. The molecule has 0 spiro atoms. The number of amides is 2. The SMILES string of the molecule is CC(C)[C@H](NC(=O)[C@@H](N)CC(=O)OC(C)(C)C)C(=O)N[C@@H](Cc1ccc(OC(C)(C)C)cc1)C(=O)O. The molecule has 0 bridgehead atoms. The Kier molecular flexibility index (Phi) is 10.9. The molecule has 0 fully saturated rings. The topological polar surface area (TPSA) is 157 Å². The Morgan fingerprint density at radius 1 is 0.917 bits per heavy atom. The van der Waals surface area contributed by atoms with Gasteiger partial charge in [0, 0.05) is 6.42 Å². The molecule has 0 saturated heterocycles. The van der Waals surface area contributed by atoms with Crippen LogP contribution in [0.2, 0.25) is 0 Å². The Morgan fingerprint density at radius 3 is 1.92 bits per heavy atom. The summed E-state index contributed by atoms with van der Waals surface area (Å²) in [5, 5.41) is 14.7. The van der Waals surface area contributed by atoms with E-state index in [1.807, 2.05) is 20.8 Å². The lowest BCUT2D eigenvalue weighted by Gasteiger charge is -2.26. The molecule has 0 aromatic heterocycles. The molecule has 1 aromatic rings. The van der Waals surface area contributed by atoms with Crippen molar-refractivity contribution in [3.63, 3.8) is 0 Å². The fraction of sp³-hybridized carbons (Fsp3) is 0.615. The molecular formula is C26H41N3O7. The van der Waals surface area contributed by atoms with Crippen LogP contribution < -0.4 is 21.1 Å². The highest BCUT2D eigenvalue weighted by molar-refractivity contribution is 5.93. The molecule has 0 radical (unpaired) electrons. The zero-order valence-electron chi connectivity index (χ0n) is 22.5. The van der Waals surface area contributed by atoms with Gasteiger partial charge in [0.15, 0.2) is 0 Å². The number of carboxylic acids is 1. The average molecular weight is 508 g/mol. The number of esters is 1. The molecule has 0 aliphatic heterocycles. The van der Waals surface area contributed by atoms with Crippen LogP contribution in [0.25, 0.3) is 0 Å². The third-order valence-electron chi connectivity index (χ3n) is 4.79. The van der Waals surface area contributed by atoms with E-state index >= 15 is 0 Å². The molecule has 0 heterocycles. The Hall–Kier alpha value is -3.14. The van der Waals surface area contributed by atoms with Crippen molar-refractivity contribution in [1.29, 1.82) is 0 Å². The highest BCUT2D eigenvalue weighted by Gasteiger charge is 2.31. The highest BCUT2D eigenvalue weighted by atomic mass is 16.6. The molecule has 3 atom stereocenters. The van der Waals surface area contributed by atoms with Gasteiger partial charge in [-0.3, -0.25) is 14.4 Å². The minimum Gasteiger partial charge on any atom is -0.488 e. The van der Waals surface area contributed by atoms with Gasteiger partial charge in [-0.15, -0.1) is 0 Å². The zero-order valence-corrected chi connectivity index (χ0v) is 22.5. The minimum absolute atomic E-state index is 0.0355. The van der Waals surface area contributed by atoms with Crippen LogP contribution in [0.15, 0.2) is 24.3 Å². The predicted octanol–water partition coefficient (Wildman–Crippen LogP) is 2.18. The molecule has 0 unspecified atom stereocenters. The largest absolute Gasteiger partial charge is 0.488 e. The lowest BCUT2D eigenvalue weighted by atomic mass is 10.0. The van der Waals surface area contributed by atoms with Crippen molar-refractivity contribution in [3.8, 4) is 5.75 Å². The fourth-order valence-corrected chi connectivity index (χ4v) is 3.20. The summed E-state index contributed by atoms with van der Waals surface area (Å²) >= 11 is 0. The number of carboxylic acid groups (broad SMARTS) is 1. The lowest BCUT2D eigenvalue weighted by molar-refractivity contribution is -0.156. The van der Waals surface area contributed by atoms with Gasteiger partial charge in [0.2, 0.25) is 11.8 Å². The standard InChI is InChI=1S/C26H41N3O7/c1-15(2)21(29-22(31)18(27)14-20(30)36-26(6,7)8)23(32)28-19(24(33)34)13-16-9-11-17(12-10-16)35-25(3,4)5/h9-12,15,18-19,21H,13-14,27H2,1-8H3,(H,28,32)(H,29,31)(H,33,34)/t18-,19-,21-/m0/s1. The molecule has 1 rings (SSSR count). The van der Waals surface area contributed by atoms with Gasteiger partial charge in [0.25, 0.3) is 0 Å².